The average Bonchev–Trinajstić information content (AvgIpc) is 2.26. The fourth-order valence-corrected chi connectivity index (χ4v) is 3.83. The highest BCUT2D eigenvalue weighted by atomic mass is 28.4. The molecule has 0 saturated carbocycles. The van der Waals surface area contributed by atoms with Crippen molar-refractivity contribution in [3.05, 3.63) is 0 Å². The molecule has 0 aliphatic carbocycles. The number of rotatable bonds is 8. The first kappa shape index (κ1) is 20.3. The average molecular weight is 321 g/mol. The molecule has 3 nitrogen and oxygen atoms in total. The Balaban J connectivity index is 4.12. The van der Waals surface area contributed by atoms with E-state index in [0.717, 1.165) is 19.6 Å². The molecule has 122 valence electrons. The van der Waals surface area contributed by atoms with Gasteiger partial charge in [0.25, 0.3) is 0 Å². The molecule has 0 amide bonds. The van der Waals surface area contributed by atoms with Crippen molar-refractivity contribution in [2.24, 2.45) is 0 Å². The third-order valence-electron chi connectivity index (χ3n) is 5.05. The first-order valence-corrected chi connectivity index (χ1v) is 13.5. The Labute approximate surface area is 128 Å². The van der Waals surface area contributed by atoms with Crippen LogP contribution in [0, 0.1) is 0 Å². The fraction of sp³-hybridized carbons (Fsp3) is 1.00. The molecule has 0 rings (SSSR count). The van der Waals surface area contributed by atoms with Crippen LogP contribution in [0.15, 0.2) is 0 Å². The Morgan fingerprint density at radius 1 is 0.800 bits per heavy atom. The Morgan fingerprint density at radius 3 is 1.55 bits per heavy atom. The summed E-state index contributed by atoms with van der Waals surface area (Å²) in [4.78, 5) is 0. The Bertz CT molecular complexity index is 294. The Hall–Kier alpha value is 0.314. The summed E-state index contributed by atoms with van der Waals surface area (Å²) in [5, 5.41) is 9.62. The minimum absolute atomic E-state index is 0.104. The van der Waals surface area contributed by atoms with E-state index >= 15 is 0 Å². The van der Waals surface area contributed by atoms with Crippen molar-refractivity contribution in [3.8, 4) is 0 Å². The van der Waals surface area contributed by atoms with Crippen LogP contribution in [-0.2, 0) is 8.85 Å². The van der Waals surface area contributed by atoms with Gasteiger partial charge in [0.2, 0.25) is 0 Å². The largest absolute Gasteiger partial charge is 0.417 e. The highest BCUT2D eigenvalue weighted by Gasteiger charge is 2.40. The van der Waals surface area contributed by atoms with Gasteiger partial charge >= 0.3 is 0 Å². The fourth-order valence-electron chi connectivity index (χ4n) is 1.32. The van der Waals surface area contributed by atoms with Crippen molar-refractivity contribution in [2.75, 3.05) is 19.8 Å². The van der Waals surface area contributed by atoms with Gasteiger partial charge in [-0.05, 0) is 37.6 Å². The number of aliphatic hydroxyl groups is 1. The molecule has 0 saturated heterocycles. The summed E-state index contributed by atoms with van der Waals surface area (Å²) < 4.78 is 12.2. The van der Waals surface area contributed by atoms with Gasteiger partial charge < -0.3 is 14.0 Å². The maximum absolute atomic E-state index is 9.46. The predicted octanol–water partition coefficient (Wildman–Crippen LogP) is 4.39. The van der Waals surface area contributed by atoms with Crippen LogP contribution in [0.4, 0.5) is 0 Å². The highest BCUT2D eigenvalue weighted by Crippen LogP contribution is 2.37. The topological polar surface area (TPSA) is 38.7 Å². The maximum Gasteiger partial charge on any atom is 0.194 e. The molecule has 0 heterocycles. The molecule has 0 bridgehead atoms. The Kier molecular flexibility index (Phi) is 7.16. The molecule has 0 unspecified atom stereocenters. The van der Waals surface area contributed by atoms with E-state index in [9.17, 15) is 5.11 Å². The predicted molar refractivity (Wildman–Crippen MR) is 92.3 cm³/mol. The summed E-state index contributed by atoms with van der Waals surface area (Å²) in [7, 11) is -3.49. The standard InChI is InChI=1S/C15H36O3Si2/c1-14(2,3)19(6,7)17-11-10-12-18-20(8,9)15(4,5)13-16/h16H,10-13H2,1-9H3. The third-order valence-corrected chi connectivity index (χ3v) is 13.9. The zero-order valence-electron chi connectivity index (χ0n) is 15.1. The van der Waals surface area contributed by atoms with Crippen LogP contribution in [-0.4, -0.2) is 41.6 Å². The van der Waals surface area contributed by atoms with Gasteiger partial charge in [-0.3, -0.25) is 0 Å². The summed E-state index contributed by atoms with van der Waals surface area (Å²) in [6.07, 6.45) is 0.935. The molecule has 0 atom stereocenters. The summed E-state index contributed by atoms with van der Waals surface area (Å²) in [6, 6.07) is 0. The van der Waals surface area contributed by atoms with Crippen molar-refractivity contribution >= 4 is 16.6 Å². The number of hydrogen-bond donors (Lipinski definition) is 1. The van der Waals surface area contributed by atoms with Gasteiger partial charge in [0.05, 0.1) is 0 Å². The van der Waals surface area contributed by atoms with E-state index in [2.05, 4.69) is 60.8 Å². The number of aliphatic hydroxyl groups excluding tert-OH is 1. The molecule has 5 heteroatoms. The van der Waals surface area contributed by atoms with E-state index in [0.29, 0.717) is 0 Å². The maximum atomic E-state index is 9.46. The quantitative estimate of drug-likeness (QED) is 0.532. The first-order chi connectivity index (χ1) is 8.77. The van der Waals surface area contributed by atoms with E-state index in [4.69, 9.17) is 8.85 Å². The van der Waals surface area contributed by atoms with Gasteiger partial charge in [0.1, 0.15) is 0 Å². The Morgan fingerprint density at radius 2 is 1.20 bits per heavy atom. The minimum atomic E-state index is -1.86. The second kappa shape index (κ2) is 7.05. The van der Waals surface area contributed by atoms with Gasteiger partial charge in [0, 0.05) is 24.9 Å². The van der Waals surface area contributed by atoms with Gasteiger partial charge in [-0.1, -0.05) is 34.6 Å². The van der Waals surface area contributed by atoms with E-state index in [1.54, 1.807) is 0 Å². The molecule has 20 heavy (non-hydrogen) atoms. The molecule has 0 spiro atoms. The summed E-state index contributed by atoms with van der Waals surface area (Å²) in [5.74, 6) is 0. The lowest BCUT2D eigenvalue weighted by Gasteiger charge is -2.38. The zero-order valence-corrected chi connectivity index (χ0v) is 17.1. The SMILES string of the molecule is CC(C)(C)[Si](C)(C)OCCCO[Si](C)(C)C(C)(C)CO. The molecular formula is C15H36O3Si2. The van der Waals surface area contributed by atoms with E-state index < -0.39 is 16.6 Å². The molecule has 0 aromatic rings. The van der Waals surface area contributed by atoms with Crippen LogP contribution in [0.25, 0.3) is 0 Å². The second-order valence-corrected chi connectivity index (χ2v) is 17.8. The monoisotopic (exact) mass is 320 g/mol. The molecule has 0 radical (unpaired) electrons. The number of hydrogen-bond acceptors (Lipinski definition) is 3. The molecule has 0 aliphatic rings. The lowest BCUT2D eigenvalue weighted by atomic mass is 10.2. The van der Waals surface area contributed by atoms with Gasteiger partial charge in [-0.2, -0.15) is 0 Å². The van der Waals surface area contributed by atoms with Crippen LogP contribution < -0.4 is 0 Å². The summed E-state index contributed by atoms with van der Waals surface area (Å²) in [6.45, 7) is 21.6. The normalized spacial score (nSPS) is 14.7. The molecule has 0 aliphatic heterocycles. The van der Waals surface area contributed by atoms with Crippen molar-refractivity contribution in [3.63, 3.8) is 0 Å². The van der Waals surface area contributed by atoms with Crippen LogP contribution in [0.3, 0.4) is 0 Å². The lowest BCUT2D eigenvalue weighted by molar-refractivity contribution is 0.197. The van der Waals surface area contributed by atoms with Gasteiger partial charge in [-0.15, -0.1) is 0 Å². The van der Waals surface area contributed by atoms with Crippen LogP contribution >= 0.6 is 0 Å². The van der Waals surface area contributed by atoms with Crippen LogP contribution in [0.5, 0.6) is 0 Å². The lowest BCUT2D eigenvalue weighted by Crippen LogP contribution is -2.45. The van der Waals surface area contributed by atoms with Gasteiger partial charge in [-0.25, -0.2) is 0 Å². The minimum Gasteiger partial charge on any atom is -0.417 e. The first-order valence-electron chi connectivity index (χ1n) is 7.66. The molecule has 1 N–H and O–H groups in total. The third kappa shape index (κ3) is 5.60. The molecular weight excluding hydrogens is 284 g/mol. The second-order valence-electron chi connectivity index (χ2n) is 8.36. The van der Waals surface area contributed by atoms with Crippen LogP contribution in [0.2, 0.25) is 36.3 Å². The van der Waals surface area contributed by atoms with Crippen molar-refractivity contribution < 1.29 is 14.0 Å². The molecule has 0 aromatic carbocycles. The van der Waals surface area contributed by atoms with Crippen molar-refractivity contribution in [1.82, 2.24) is 0 Å². The van der Waals surface area contributed by atoms with E-state index in [1.807, 2.05) is 0 Å². The molecule has 0 fully saturated rings. The molecule has 0 aromatic heterocycles. The summed E-state index contributed by atoms with van der Waals surface area (Å²) >= 11 is 0. The highest BCUT2D eigenvalue weighted by molar-refractivity contribution is 6.74. The van der Waals surface area contributed by atoms with Crippen molar-refractivity contribution in [2.45, 2.75) is 77.3 Å². The van der Waals surface area contributed by atoms with Crippen LogP contribution in [0.1, 0.15) is 41.0 Å². The van der Waals surface area contributed by atoms with Crippen molar-refractivity contribution in [1.29, 1.82) is 0 Å². The van der Waals surface area contributed by atoms with E-state index in [1.165, 1.54) is 0 Å². The van der Waals surface area contributed by atoms with Gasteiger partial charge in [0.15, 0.2) is 16.6 Å². The smallest absolute Gasteiger partial charge is 0.194 e. The van der Waals surface area contributed by atoms with E-state index in [-0.39, 0.29) is 16.7 Å². The summed E-state index contributed by atoms with van der Waals surface area (Å²) in [5.41, 5.74) is 0. The zero-order chi connectivity index (χ0) is 16.2.